The fraction of sp³-hybridized carbons (Fsp3) is 0.333. The Labute approximate surface area is 91.7 Å². The van der Waals surface area contributed by atoms with E-state index in [0.29, 0.717) is 6.54 Å². The molecule has 4 heteroatoms. The molecule has 72 valence electrons. The Hall–Kier alpha value is -0.490. The molecule has 0 amide bonds. The van der Waals surface area contributed by atoms with Crippen molar-refractivity contribution in [2.45, 2.75) is 0 Å². The molecule has 0 spiro atoms. The van der Waals surface area contributed by atoms with Gasteiger partial charge in [-0.2, -0.15) is 0 Å². The van der Waals surface area contributed by atoms with Crippen LogP contribution in [0.1, 0.15) is 0 Å². The first-order valence-electron chi connectivity index (χ1n) is 4.02. The van der Waals surface area contributed by atoms with Gasteiger partial charge in [0.2, 0.25) is 0 Å². The number of nitrogen functional groups attached to an aromatic ring is 1. The summed E-state index contributed by atoms with van der Waals surface area (Å²) in [6.45, 7) is 0.802. The van der Waals surface area contributed by atoms with Crippen LogP contribution in [0.4, 0.5) is 11.4 Å². The SMILES string of the molecule is CN(CCO)c1ccc(N)cc1I. The van der Waals surface area contributed by atoms with Crippen LogP contribution in [-0.2, 0) is 0 Å². The summed E-state index contributed by atoms with van der Waals surface area (Å²) in [5.74, 6) is 0. The summed E-state index contributed by atoms with van der Waals surface area (Å²) in [5.41, 5.74) is 7.50. The number of hydrogen-bond donors (Lipinski definition) is 2. The van der Waals surface area contributed by atoms with Crippen LogP contribution in [0.2, 0.25) is 0 Å². The van der Waals surface area contributed by atoms with E-state index in [1.807, 2.05) is 30.1 Å². The van der Waals surface area contributed by atoms with Gasteiger partial charge in [-0.05, 0) is 40.8 Å². The van der Waals surface area contributed by atoms with Crippen LogP contribution in [-0.4, -0.2) is 25.3 Å². The Morgan fingerprint density at radius 1 is 1.54 bits per heavy atom. The maximum absolute atomic E-state index is 8.77. The van der Waals surface area contributed by atoms with Gasteiger partial charge in [0.05, 0.1) is 12.3 Å². The molecule has 3 nitrogen and oxygen atoms in total. The topological polar surface area (TPSA) is 49.5 Å². The Kier molecular flexibility index (Phi) is 3.80. The average molecular weight is 292 g/mol. The molecule has 1 aromatic carbocycles. The van der Waals surface area contributed by atoms with Crippen molar-refractivity contribution < 1.29 is 5.11 Å². The second kappa shape index (κ2) is 4.66. The summed E-state index contributed by atoms with van der Waals surface area (Å²) in [5, 5.41) is 8.77. The normalized spacial score (nSPS) is 10.1. The molecule has 0 saturated carbocycles. The van der Waals surface area contributed by atoms with E-state index in [1.165, 1.54) is 0 Å². The molecule has 0 saturated heterocycles. The Balaban J connectivity index is 2.88. The minimum Gasteiger partial charge on any atom is -0.399 e. The molecule has 0 aliphatic carbocycles. The van der Waals surface area contributed by atoms with E-state index in [2.05, 4.69) is 22.6 Å². The number of nitrogens with two attached hydrogens (primary N) is 1. The van der Waals surface area contributed by atoms with Crippen LogP contribution >= 0.6 is 22.6 Å². The summed E-state index contributed by atoms with van der Waals surface area (Å²) in [6, 6.07) is 5.75. The van der Waals surface area contributed by atoms with E-state index in [0.717, 1.165) is 14.9 Å². The lowest BCUT2D eigenvalue weighted by Gasteiger charge is -2.19. The van der Waals surface area contributed by atoms with Gasteiger partial charge in [0, 0.05) is 22.8 Å². The van der Waals surface area contributed by atoms with Gasteiger partial charge in [0.1, 0.15) is 0 Å². The quantitative estimate of drug-likeness (QED) is 0.652. The van der Waals surface area contributed by atoms with Gasteiger partial charge in [-0.15, -0.1) is 0 Å². The average Bonchev–Trinajstić information content (AvgIpc) is 2.04. The van der Waals surface area contributed by atoms with Crippen molar-refractivity contribution in [3.8, 4) is 0 Å². The molecule has 1 rings (SSSR count). The molecular formula is C9H13IN2O. The number of nitrogens with zero attached hydrogens (tertiary/aromatic N) is 1. The molecule has 0 atom stereocenters. The summed E-state index contributed by atoms with van der Waals surface area (Å²) < 4.78 is 1.11. The van der Waals surface area contributed by atoms with Crippen LogP contribution in [0.25, 0.3) is 0 Å². The zero-order valence-corrected chi connectivity index (χ0v) is 9.65. The van der Waals surface area contributed by atoms with Crippen molar-refractivity contribution in [3.63, 3.8) is 0 Å². The summed E-state index contributed by atoms with van der Waals surface area (Å²) in [4.78, 5) is 2.00. The van der Waals surface area contributed by atoms with E-state index in [1.54, 1.807) is 0 Å². The van der Waals surface area contributed by atoms with Gasteiger partial charge in [-0.3, -0.25) is 0 Å². The summed E-state index contributed by atoms with van der Waals surface area (Å²) >= 11 is 2.24. The largest absolute Gasteiger partial charge is 0.399 e. The number of anilines is 2. The zero-order chi connectivity index (χ0) is 9.84. The standard InChI is InChI=1S/C9H13IN2O/c1-12(4-5-13)9-3-2-7(11)6-8(9)10/h2-3,6,13H,4-5,11H2,1H3. The highest BCUT2D eigenvalue weighted by atomic mass is 127. The van der Waals surface area contributed by atoms with Gasteiger partial charge in [-0.25, -0.2) is 0 Å². The van der Waals surface area contributed by atoms with Crippen LogP contribution in [0.5, 0.6) is 0 Å². The molecule has 0 radical (unpaired) electrons. The second-order valence-electron chi connectivity index (χ2n) is 2.86. The lowest BCUT2D eigenvalue weighted by atomic mass is 10.2. The number of rotatable bonds is 3. The molecule has 13 heavy (non-hydrogen) atoms. The first-order chi connectivity index (χ1) is 6.15. The number of benzene rings is 1. The Bertz CT molecular complexity index is 291. The molecule has 3 N–H and O–H groups in total. The molecule has 0 heterocycles. The van der Waals surface area contributed by atoms with E-state index >= 15 is 0 Å². The van der Waals surface area contributed by atoms with E-state index in [4.69, 9.17) is 10.8 Å². The van der Waals surface area contributed by atoms with Crippen molar-refractivity contribution >= 4 is 34.0 Å². The third-order valence-corrected chi connectivity index (χ3v) is 2.68. The first-order valence-corrected chi connectivity index (χ1v) is 5.10. The Morgan fingerprint density at radius 2 is 2.23 bits per heavy atom. The third-order valence-electron chi connectivity index (χ3n) is 1.82. The number of likely N-dealkylation sites (N-methyl/N-ethyl adjacent to an activating group) is 1. The minimum atomic E-state index is 0.164. The van der Waals surface area contributed by atoms with Crippen molar-refractivity contribution in [1.29, 1.82) is 0 Å². The lowest BCUT2D eigenvalue weighted by Crippen LogP contribution is -2.21. The molecule has 0 aromatic heterocycles. The highest BCUT2D eigenvalue weighted by Gasteiger charge is 2.04. The Morgan fingerprint density at radius 3 is 2.77 bits per heavy atom. The number of aliphatic hydroxyl groups excluding tert-OH is 1. The molecule has 1 aromatic rings. The van der Waals surface area contributed by atoms with E-state index < -0.39 is 0 Å². The predicted molar refractivity (Wildman–Crippen MR) is 63.9 cm³/mol. The van der Waals surface area contributed by atoms with Crippen LogP contribution in [0.3, 0.4) is 0 Å². The maximum Gasteiger partial charge on any atom is 0.0606 e. The fourth-order valence-corrected chi connectivity index (χ4v) is 2.05. The zero-order valence-electron chi connectivity index (χ0n) is 7.50. The maximum atomic E-state index is 8.77. The number of halogens is 1. The van der Waals surface area contributed by atoms with Gasteiger partial charge in [0.15, 0.2) is 0 Å². The monoisotopic (exact) mass is 292 g/mol. The van der Waals surface area contributed by atoms with E-state index in [-0.39, 0.29) is 6.61 Å². The first kappa shape index (κ1) is 10.6. The molecule has 0 aliphatic rings. The van der Waals surface area contributed by atoms with Gasteiger partial charge < -0.3 is 15.7 Å². The molecule has 0 bridgehead atoms. The molecule has 0 fully saturated rings. The minimum absolute atomic E-state index is 0.164. The number of hydrogen-bond acceptors (Lipinski definition) is 3. The lowest BCUT2D eigenvalue weighted by molar-refractivity contribution is 0.304. The predicted octanol–water partition coefficient (Wildman–Crippen LogP) is 1.30. The fourth-order valence-electron chi connectivity index (χ4n) is 1.10. The van der Waals surface area contributed by atoms with Crippen molar-refractivity contribution in [2.24, 2.45) is 0 Å². The van der Waals surface area contributed by atoms with Gasteiger partial charge >= 0.3 is 0 Å². The van der Waals surface area contributed by atoms with E-state index in [9.17, 15) is 0 Å². The van der Waals surface area contributed by atoms with Crippen LogP contribution in [0, 0.1) is 3.57 Å². The highest BCUT2D eigenvalue weighted by Crippen LogP contribution is 2.23. The second-order valence-corrected chi connectivity index (χ2v) is 4.02. The number of aliphatic hydroxyl groups is 1. The van der Waals surface area contributed by atoms with Crippen molar-refractivity contribution in [1.82, 2.24) is 0 Å². The van der Waals surface area contributed by atoms with Crippen molar-refractivity contribution in [3.05, 3.63) is 21.8 Å². The summed E-state index contributed by atoms with van der Waals surface area (Å²) in [6.07, 6.45) is 0. The van der Waals surface area contributed by atoms with Crippen LogP contribution in [0.15, 0.2) is 18.2 Å². The van der Waals surface area contributed by atoms with Crippen molar-refractivity contribution in [2.75, 3.05) is 30.8 Å². The summed E-state index contributed by atoms with van der Waals surface area (Å²) in [7, 11) is 1.95. The third kappa shape index (κ3) is 2.73. The van der Waals surface area contributed by atoms with Gasteiger partial charge in [-0.1, -0.05) is 0 Å². The van der Waals surface area contributed by atoms with Crippen LogP contribution < -0.4 is 10.6 Å². The molecule has 0 aliphatic heterocycles. The van der Waals surface area contributed by atoms with Gasteiger partial charge in [0.25, 0.3) is 0 Å². The molecular weight excluding hydrogens is 279 g/mol. The highest BCUT2D eigenvalue weighted by molar-refractivity contribution is 14.1. The smallest absolute Gasteiger partial charge is 0.0606 e. The molecule has 0 unspecified atom stereocenters.